The van der Waals surface area contributed by atoms with Gasteiger partial charge in [-0.25, -0.2) is 4.79 Å². The third kappa shape index (κ3) is 7.48. The zero-order valence-corrected chi connectivity index (χ0v) is 13.9. The van der Waals surface area contributed by atoms with E-state index in [1.165, 1.54) is 57.8 Å². The zero-order valence-electron chi connectivity index (χ0n) is 13.9. The summed E-state index contributed by atoms with van der Waals surface area (Å²) in [7, 11) is 0. The lowest BCUT2D eigenvalue weighted by atomic mass is 10.0. The number of nitrogens with two attached hydrogens (primary N) is 1. The molecule has 1 aromatic carbocycles. The van der Waals surface area contributed by atoms with Crippen LogP contribution in [-0.2, 0) is 6.42 Å². The van der Waals surface area contributed by atoms with Crippen molar-refractivity contribution in [2.75, 3.05) is 5.73 Å². The second-order valence-corrected chi connectivity index (χ2v) is 6.16. The third-order valence-electron chi connectivity index (χ3n) is 4.17. The minimum atomic E-state index is -0.956. The molecule has 3 N–H and O–H groups in total. The highest BCUT2D eigenvalue weighted by Gasteiger charge is 2.07. The Morgan fingerprint density at radius 2 is 1.50 bits per heavy atom. The Balaban J connectivity index is 2.07. The number of unbranched alkanes of at least 4 members (excludes halogenated alkanes) is 9. The summed E-state index contributed by atoms with van der Waals surface area (Å²) in [4.78, 5) is 10.9. The Morgan fingerprint density at radius 1 is 0.955 bits per heavy atom. The highest BCUT2D eigenvalue weighted by atomic mass is 16.4. The summed E-state index contributed by atoms with van der Waals surface area (Å²) in [5, 5.41) is 8.94. The lowest BCUT2D eigenvalue weighted by Crippen LogP contribution is -2.03. The Labute approximate surface area is 134 Å². The molecule has 0 aliphatic carbocycles. The summed E-state index contributed by atoms with van der Waals surface area (Å²) in [5.41, 5.74) is 7.48. The van der Waals surface area contributed by atoms with E-state index >= 15 is 0 Å². The predicted molar refractivity (Wildman–Crippen MR) is 93.4 cm³/mol. The van der Waals surface area contributed by atoms with E-state index in [1.807, 2.05) is 6.07 Å². The fourth-order valence-electron chi connectivity index (χ4n) is 2.78. The number of anilines is 1. The number of aryl methyl sites for hydroxylation is 1. The van der Waals surface area contributed by atoms with E-state index in [0.717, 1.165) is 18.4 Å². The topological polar surface area (TPSA) is 63.3 Å². The van der Waals surface area contributed by atoms with Gasteiger partial charge in [0.15, 0.2) is 0 Å². The molecule has 1 rings (SSSR count). The van der Waals surface area contributed by atoms with Crippen LogP contribution in [0.4, 0.5) is 5.69 Å². The van der Waals surface area contributed by atoms with Crippen LogP contribution in [0.15, 0.2) is 18.2 Å². The Hall–Kier alpha value is -1.51. The average molecular weight is 305 g/mol. The first-order valence-corrected chi connectivity index (χ1v) is 8.77. The molecule has 0 heterocycles. The molecule has 0 bridgehead atoms. The van der Waals surface area contributed by atoms with E-state index in [2.05, 4.69) is 6.92 Å². The molecule has 0 fully saturated rings. The normalized spacial score (nSPS) is 10.8. The number of rotatable bonds is 12. The molecule has 124 valence electrons. The number of carbonyl (C=O) groups is 1. The van der Waals surface area contributed by atoms with Crippen LogP contribution in [-0.4, -0.2) is 11.1 Å². The van der Waals surface area contributed by atoms with Crippen molar-refractivity contribution in [3.63, 3.8) is 0 Å². The van der Waals surface area contributed by atoms with Crippen LogP contribution in [0.25, 0.3) is 0 Å². The van der Waals surface area contributed by atoms with Gasteiger partial charge >= 0.3 is 5.97 Å². The Bertz CT molecular complexity index is 443. The molecular weight excluding hydrogens is 274 g/mol. The molecule has 0 unspecified atom stereocenters. The van der Waals surface area contributed by atoms with Crippen LogP contribution < -0.4 is 5.73 Å². The summed E-state index contributed by atoms with van der Waals surface area (Å²) in [6.45, 7) is 2.25. The van der Waals surface area contributed by atoms with Crippen LogP contribution >= 0.6 is 0 Å². The molecule has 3 nitrogen and oxygen atoms in total. The van der Waals surface area contributed by atoms with Gasteiger partial charge in [-0.05, 0) is 30.5 Å². The van der Waals surface area contributed by atoms with E-state index < -0.39 is 5.97 Å². The van der Waals surface area contributed by atoms with Crippen LogP contribution in [0.2, 0.25) is 0 Å². The minimum absolute atomic E-state index is 0.201. The van der Waals surface area contributed by atoms with Crippen molar-refractivity contribution in [1.82, 2.24) is 0 Å². The van der Waals surface area contributed by atoms with Crippen molar-refractivity contribution >= 4 is 11.7 Å². The maximum Gasteiger partial charge on any atom is 0.337 e. The highest BCUT2D eigenvalue weighted by molar-refractivity contribution is 5.93. The Kier molecular flexibility index (Phi) is 9.36. The molecular formula is C19H31NO2. The first-order valence-electron chi connectivity index (χ1n) is 8.77. The predicted octanol–water partition coefficient (Wildman–Crippen LogP) is 5.43. The first kappa shape index (κ1) is 18.5. The molecule has 0 amide bonds. The van der Waals surface area contributed by atoms with E-state index in [9.17, 15) is 4.79 Å². The van der Waals surface area contributed by atoms with Gasteiger partial charge in [0, 0.05) is 5.69 Å². The minimum Gasteiger partial charge on any atom is -0.478 e. The van der Waals surface area contributed by atoms with Crippen LogP contribution in [0.3, 0.4) is 0 Å². The number of carboxylic acid groups (broad SMARTS) is 1. The van der Waals surface area contributed by atoms with Crippen LogP contribution in [0, 0.1) is 0 Å². The summed E-state index contributed by atoms with van der Waals surface area (Å²) in [6, 6.07) is 5.30. The van der Waals surface area contributed by atoms with Gasteiger partial charge in [0.2, 0.25) is 0 Å². The van der Waals surface area contributed by atoms with E-state index in [1.54, 1.807) is 12.1 Å². The van der Waals surface area contributed by atoms with Crippen molar-refractivity contribution in [3.05, 3.63) is 29.3 Å². The highest BCUT2D eigenvalue weighted by Crippen LogP contribution is 2.17. The fraction of sp³-hybridized carbons (Fsp3) is 0.632. The first-order chi connectivity index (χ1) is 10.6. The quantitative estimate of drug-likeness (QED) is 0.400. The third-order valence-corrected chi connectivity index (χ3v) is 4.17. The van der Waals surface area contributed by atoms with Gasteiger partial charge in [0.1, 0.15) is 0 Å². The van der Waals surface area contributed by atoms with Crippen LogP contribution in [0.1, 0.15) is 87.1 Å². The van der Waals surface area contributed by atoms with Gasteiger partial charge in [-0.15, -0.1) is 0 Å². The number of benzene rings is 1. The fourth-order valence-corrected chi connectivity index (χ4v) is 2.78. The lowest BCUT2D eigenvalue weighted by Gasteiger charge is -2.06. The summed E-state index contributed by atoms with van der Waals surface area (Å²) in [6.07, 6.45) is 14.3. The van der Waals surface area contributed by atoms with Crippen LogP contribution in [0.5, 0.6) is 0 Å². The molecule has 0 radical (unpaired) electrons. The zero-order chi connectivity index (χ0) is 16.2. The van der Waals surface area contributed by atoms with Gasteiger partial charge < -0.3 is 10.8 Å². The standard InChI is InChI=1S/C19H31NO2/c1-2-3-4-5-6-7-8-9-10-11-12-16-13-14-17(19(21)22)18(20)15-16/h13-15H,2-12,20H2,1H3,(H,21,22). The molecule has 3 heteroatoms. The van der Waals surface area contributed by atoms with Gasteiger partial charge in [-0.1, -0.05) is 70.8 Å². The van der Waals surface area contributed by atoms with Crippen molar-refractivity contribution in [2.45, 2.75) is 77.6 Å². The number of hydrogen-bond donors (Lipinski definition) is 2. The number of aromatic carboxylic acids is 1. The maximum absolute atomic E-state index is 10.9. The van der Waals surface area contributed by atoms with Crippen molar-refractivity contribution < 1.29 is 9.90 Å². The van der Waals surface area contributed by atoms with Crippen molar-refractivity contribution in [1.29, 1.82) is 0 Å². The second kappa shape index (κ2) is 11.1. The molecule has 0 atom stereocenters. The monoisotopic (exact) mass is 305 g/mol. The lowest BCUT2D eigenvalue weighted by molar-refractivity contribution is 0.0698. The van der Waals surface area contributed by atoms with Crippen molar-refractivity contribution in [2.24, 2.45) is 0 Å². The molecule has 0 aromatic heterocycles. The number of nitrogen functional groups attached to an aromatic ring is 1. The van der Waals surface area contributed by atoms with E-state index in [0.29, 0.717) is 5.69 Å². The van der Waals surface area contributed by atoms with Gasteiger partial charge in [0.25, 0.3) is 0 Å². The summed E-state index contributed by atoms with van der Waals surface area (Å²) < 4.78 is 0. The maximum atomic E-state index is 10.9. The van der Waals surface area contributed by atoms with Gasteiger partial charge in [0.05, 0.1) is 5.56 Å². The number of carboxylic acids is 1. The molecule has 0 saturated heterocycles. The van der Waals surface area contributed by atoms with E-state index in [4.69, 9.17) is 10.8 Å². The summed E-state index contributed by atoms with van der Waals surface area (Å²) in [5.74, 6) is -0.956. The largest absolute Gasteiger partial charge is 0.478 e. The molecule has 0 spiro atoms. The Morgan fingerprint density at radius 3 is 2.00 bits per heavy atom. The second-order valence-electron chi connectivity index (χ2n) is 6.16. The molecule has 1 aromatic rings. The SMILES string of the molecule is CCCCCCCCCCCCc1ccc(C(=O)O)c(N)c1. The van der Waals surface area contributed by atoms with Gasteiger partial charge in [-0.2, -0.15) is 0 Å². The van der Waals surface area contributed by atoms with Gasteiger partial charge in [-0.3, -0.25) is 0 Å². The number of hydrogen-bond acceptors (Lipinski definition) is 2. The smallest absolute Gasteiger partial charge is 0.337 e. The molecule has 0 aliphatic rings. The molecule has 22 heavy (non-hydrogen) atoms. The summed E-state index contributed by atoms with van der Waals surface area (Å²) >= 11 is 0. The average Bonchev–Trinajstić information content (AvgIpc) is 2.49. The van der Waals surface area contributed by atoms with E-state index in [-0.39, 0.29) is 5.56 Å². The molecule has 0 aliphatic heterocycles. The van der Waals surface area contributed by atoms with Crippen molar-refractivity contribution in [3.8, 4) is 0 Å². The molecule has 0 saturated carbocycles.